The second-order valence-corrected chi connectivity index (χ2v) is 10.4. The van der Waals surface area contributed by atoms with Crippen LogP contribution >= 0.6 is 0 Å². The topological polar surface area (TPSA) is 76.7 Å². The maximum Gasteiger partial charge on any atom is 0.339 e. The Labute approximate surface area is 238 Å². The van der Waals surface area contributed by atoms with Gasteiger partial charge in [0.25, 0.3) is 0 Å². The van der Waals surface area contributed by atoms with E-state index in [0.717, 1.165) is 37.1 Å². The van der Waals surface area contributed by atoms with Crippen LogP contribution in [0.3, 0.4) is 0 Å². The summed E-state index contributed by atoms with van der Waals surface area (Å²) < 4.78 is 9.59. The van der Waals surface area contributed by atoms with Gasteiger partial charge >= 0.3 is 11.9 Å². The highest BCUT2D eigenvalue weighted by molar-refractivity contribution is 5.96. The lowest BCUT2D eigenvalue weighted by atomic mass is 9.88. The minimum absolute atomic E-state index is 0.320. The molecular formula is C34H42N2O4. The number of anilines is 2. The van der Waals surface area contributed by atoms with E-state index in [1.165, 1.54) is 36.5 Å². The molecule has 6 heteroatoms. The molecule has 0 aromatic heterocycles. The van der Waals surface area contributed by atoms with E-state index in [9.17, 15) is 9.59 Å². The highest BCUT2D eigenvalue weighted by Gasteiger charge is 2.15. The molecule has 212 valence electrons. The summed E-state index contributed by atoms with van der Waals surface area (Å²) in [5.41, 5.74) is 8.29. The first-order chi connectivity index (χ1) is 19.2. The SMILES string of the molecule is COC(=O)c1ccccc1N/C=C1/CCC(C)=CC1C.COC(=O)c1ccccc1N/C=C1\CCC(C)=CC1C. The summed E-state index contributed by atoms with van der Waals surface area (Å²) in [6, 6.07) is 14.8. The number of hydrogen-bond donors (Lipinski definition) is 2. The molecule has 0 bridgehead atoms. The molecule has 2 atom stereocenters. The van der Waals surface area contributed by atoms with Gasteiger partial charge in [0.1, 0.15) is 0 Å². The van der Waals surface area contributed by atoms with Gasteiger partial charge in [-0.2, -0.15) is 0 Å². The van der Waals surface area contributed by atoms with Crippen molar-refractivity contribution in [2.45, 2.75) is 53.4 Å². The van der Waals surface area contributed by atoms with Gasteiger partial charge in [-0.25, -0.2) is 9.59 Å². The third-order valence-electron chi connectivity index (χ3n) is 7.35. The molecular weight excluding hydrogens is 500 g/mol. The van der Waals surface area contributed by atoms with Crippen molar-refractivity contribution >= 4 is 23.3 Å². The molecule has 2 unspecified atom stereocenters. The molecule has 6 nitrogen and oxygen atoms in total. The molecule has 2 aliphatic carbocycles. The van der Waals surface area contributed by atoms with E-state index in [1.807, 2.05) is 48.8 Å². The molecule has 0 saturated heterocycles. The standard InChI is InChI=1S/2C17H21NO2/c2*1-12-8-9-14(13(2)10-12)11-18-16-7-5-4-6-15(16)17(19)20-3/h2*4-7,10-11,13,18H,8-9H2,1-3H3/b14-11+;14-11-. The number of benzene rings is 2. The predicted molar refractivity (Wildman–Crippen MR) is 163 cm³/mol. The quantitative estimate of drug-likeness (QED) is 0.282. The lowest BCUT2D eigenvalue weighted by molar-refractivity contribution is 0.0593. The largest absolute Gasteiger partial charge is 0.465 e. The van der Waals surface area contributed by atoms with E-state index in [1.54, 1.807) is 12.1 Å². The molecule has 40 heavy (non-hydrogen) atoms. The van der Waals surface area contributed by atoms with Gasteiger partial charge in [-0.1, -0.05) is 61.4 Å². The zero-order valence-corrected chi connectivity index (χ0v) is 24.5. The van der Waals surface area contributed by atoms with Crippen LogP contribution in [-0.4, -0.2) is 26.2 Å². The normalized spacial score (nSPS) is 20.4. The summed E-state index contributed by atoms with van der Waals surface area (Å²) in [6.07, 6.45) is 13.0. The molecule has 0 amide bonds. The summed E-state index contributed by atoms with van der Waals surface area (Å²) in [6.45, 7) is 8.74. The predicted octanol–water partition coefficient (Wildman–Crippen LogP) is 8.29. The minimum Gasteiger partial charge on any atom is -0.465 e. The van der Waals surface area contributed by atoms with Crippen molar-refractivity contribution in [2.75, 3.05) is 24.9 Å². The Morgan fingerprint density at radius 3 is 1.40 bits per heavy atom. The molecule has 2 aromatic carbocycles. The Kier molecular flexibility index (Phi) is 11.4. The van der Waals surface area contributed by atoms with Crippen molar-refractivity contribution < 1.29 is 19.1 Å². The van der Waals surface area contributed by atoms with Crippen LogP contribution in [0.2, 0.25) is 0 Å². The summed E-state index contributed by atoms with van der Waals surface area (Å²) in [5.74, 6) is 0.251. The first kappa shape index (κ1) is 30.5. The number of carbonyl (C=O) groups excluding carboxylic acids is 2. The second kappa shape index (κ2) is 14.9. The van der Waals surface area contributed by atoms with E-state index in [2.05, 4.69) is 50.5 Å². The smallest absolute Gasteiger partial charge is 0.339 e. The number of methoxy groups -OCH3 is 2. The number of ether oxygens (including phenoxy) is 2. The molecule has 2 aromatic rings. The number of carbonyl (C=O) groups is 2. The van der Waals surface area contributed by atoms with E-state index in [-0.39, 0.29) is 11.9 Å². The van der Waals surface area contributed by atoms with Gasteiger partial charge in [0.15, 0.2) is 0 Å². The number of para-hydroxylation sites is 2. The fourth-order valence-electron chi connectivity index (χ4n) is 4.91. The number of nitrogens with one attached hydrogen (secondary N) is 2. The molecule has 2 N–H and O–H groups in total. The fraction of sp³-hybridized carbons (Fsp3) is 0.353. The minimum atomic E-state index is -0.320. The van der Waals surface area contributed by atoms with Crippen molar-refractivity contribution in [3.8, 4) is 0 Å². The van der Waals surface area contributed by atoms with Gasteiger partial charge < -0.3 is 20.1 Å². The van der Waals surface area contributed by atoms with Gasteiger partial charge in [-0.05, 0) is 86.8 Å². The third-order valence-corrected chi connectivity index (χ3v) is 7.35. The van der Waals surface area contributed by atoms with Crippen molar-refractivity contribution in [3.05, 3.63) is 107 Å². The molecule has 0 spiro atoms. The van der Waals surface area contributed by atoms with E-state index < -0.39 is 0 Å². The van der Waals surface area contributed by atoms with Gasteiger partial charge in [-0.15, -0.1) is 0 Å². The van der Waals surface area contributed by atoms with E-state index in [0.29, 0.717) is 23.0 Å². The molecule has 4 rings (SSSR count). The Hall–Kier alpha value is -4.06. The van der Waals surface area contributed by atoms with Crippen molar-refractivity contribution in [2.24, 2.45) is 11.8 Å². The summed E-state index contributed by atoms with van der Waals surface area (Å²) in [7, 11) is 2.79. The van der Waals surface area contributed by atoms with Crippen LogP contribution in [0.4, 0.5) is 11.4 Å². The number of rotatable bonds is 6. The van der Waals surface area contributed by atoms with Crippen LogP contribution in [0.5, 0.6) is 0 Å². The van der Waals surface area contributed by atoms with Crippen LogP contribution in [0.25, 0.3) is 0 Å². The van der Waals surface area contributed by atoms with Crippen LogP contribution in [-0.2, 0) is 9.47 Å². The van der Waals surface area contributed by atoms with Gasteiger partial charge in [0.05, 0.1) is 36.7 Å². The number of allylic oxidation sites excluding steroid dienone is 6. The maximum atomic E-state index is 11.7. The van der Waals surface area contributed by atoms with Gasteiger partial charge in [0.2, 0.25) is 0 Å². The number of esters is 2. The molecule has 0 fully saturated rings. The Morgan fingerprint density at radius 1 is 0.675 bits per heavy atom. The van der Waals surface area contributed by atoms with Gasteiger partial charge in [-0.3, -0.25) is 0 Å². The monoisotopic (exact) mass is 542 g/mol. The van der Waals surface area contributed by atoms with Crippen molar-refractivity contribution in [3.63, 3.8) is 0 Å². The van der Waals surface area contributed by atoms with Crippen LogP contribution in [0, 0.1) is 11.8 Å². The van der Waals surface area contributed by atoms with Gasteiger partial charge in [0, 0.05) is 12.4 Å². The van der Waals surface area contributed by atoms with Crippen molar-refractivity contribution in [1.29, 1.82) is 0 Å². The van der Waals surface area contributed by atoms with Crippen LogP contribution < -0.4 is 10.6 Å². The Balaban J connectivity index is 0.000000220. The average Bonchev–Trinajstić information content (AvgIpc) is 2.96. The van der Waals surface area contributed by atoms with E-state index >= 15 is 0 Å². The summed E-state index contributed by atoms with van der Waals surface area (Å²) in [5, 5.41) is 6.50. The maximum absolute atomic E-state index is 11.7. The molecule has 2 aliphatic rings. The highest BCUT2D eigenvalue weighted by atomic mass is 16.5. The first-order valence-corrected chi connectivity index (χ1v) is 13.8. The molecule has 0 heterocycles. The number of hydrogen-bond acceptors (Lipinski definition) is 6. The Bertz CT molecular complexity index is 1220. The molecule has 0 radical (unpaired) electrons. The van der Waals surface area contributed by atoms with E-state index in [4.69, 9.17) is 9.47 Å². The molecule has 0 aliphatic heterocycles. The lowest BCUT2D eigenvalue weighted by Crippen LogP contribution is -2.08. The summed E-state index contributed by atoms with van der Waals surface area (Å²) >= 11 is 0. The zero-order valence-electron chi connectivity index (χ0n) is 24.5. The zero-order chi connectivity index (χ0) is 29.1. The average molecular weight is 543 g/mol. The lowest BCUT2D eigenvalue weighted by Gasteiger charge is -2.20. The molecule has 0 saturated carbocycles. The second-order valence-electron chi connectivity index (χ2n) is 10.4. The fourth-order valence-corrected chi connectivity index (χ4v) is 4.91. The third kappa shape index (κ3) is 8.47. The van der Waals surface area contributed by atoms with Crippen LogP contribution in [0.15, 0.2) is 95.4 Å². The highest BCUT2D eigenvalue weighted by Crippen LogP contribution is 2.29. The summed E-state index contributed by atoms with van der Waals surface area (Å²) in [4.78, 5) is 23.4. The Morgan fingerprint density at radius 2 is 1.05 bits per heavy atom. The first-order valence-electron chi connectivity index (χ1n) is 13.8. The van der Waals surface area contributed by atoms with Crippen LogP contribution in [0.1, 0.15) is 74.1 Å². The van der Waals surface area contributed by atoms with Crippen molar-refractivity contribution in [1.82, 2.24) is 0 Å².